The van der Waals surface area contributed by atoms with Crippen molar-refractivity contribution < 1.29 is 5.21 Å². The van der Waals surface area contributed by atoms with Gasteiger partial charge in [0.25, 0.3) is 0 Å². The monoisotopic (exact) mass is 336 g/mol. The number of benzene rings is 2. The van der Waals surface area contributed by atoms with E-state index in [4.69, 9.17) is 10.9 Å². The number of thioether (sulfide) groups is 1. The molecule has 2 aromatic rings. The first-order valence-electron chi connectivity index (χ1n) is 5.65. The molecule has 0 fully saturated rings. The van der Waals surface area contributed by atoms with Gasteiger partial charge in [0.05, 0.1) is 0 Å². The van der Waals surface area contributed by atoms with Gasteiger partial charge in [-0.15, -0.1) is 11.8 Å². The van der Waals surface area contributed by atoms with Gasteiger partial charge >= 0.3 is 0 Å². The average Bonchev–Trinajstić information content (AvgIpc) is 2.45. The van der Waals surface area contributed by atoms with Gasteiger partial charge in [0, 0.05) is 20.7 Å². The maximum atomic E-state index is 8.67. The highest BCUT2D eigenvalue weighted by atomic mass is 79.9. The first kappa shape index (κ1) is 14.0. The van der Waals surface area contributed by atoms with E-state index in [1.54, 1.807) is 11.8 Å². The van der Waals surface area contributed by atoms with Crippen LogP contribution in [0.3, 0.4) is 0 Å². The maximum absolute atomic E-state index is 8.67. The van der Waals surface area contributed by atoms with Crippen LogP contribution < -0.4 is 5.73 Å². The van der Waals surface area contributed by atoms with Crippen molar-refractivity contribution in [1.82, 2.24) is 0 Å². The van der Waals surface area contributed by atoms with Crippen molar-refractivity contribution in [1.29, 1.82) is 0 Å². The van der Waals surface area contributed by atoms with E-state index in [9.17, 15) is 0 Å². The number of rotatable bonds is 4. The summed E-state index contributed by atoms with van der Waals surface area (Å²) >= 11 is 5.17. The molecule has 3 N–H and O–H groups in total. The molecule has 0 aromatic heterocycles. The summed E-state index contributed by atoms with van der Waals surface area (Å²) < 4.78 is 0.820. The maximum Gasteiger partial charge on any atom is 0.171 e. The van der Waals surface area contributed by atoms with E-state index in [0.29, 0.717) is 5.56 Å². The lowest BCUT2D eigenvalue weighted by molar-refractivity contribution is 0.318. The highest BCUT2D eigenvalue weighted by Crippen LogP contribution is 2.27. The van der Waals surface area contributed by atoms with Crippen molar-refractivity contribution in [3.05, 3.63) is 64.1 Å². The van der Waals surface area contributed by atoms with Gasteiger partial charge in [0.1, 0.15) is 0 Å². The van der Waals surface area contributed by atoms with Crippen LogP contribution in [0.15, 0.2) is 63.1 Å². The van der Waals surface area contributed by atoms with E-state index in [0.717, 1.165) is 15.1 Å². The number of oxime groups is 1. The normalized spacial score (nSPS) is 11.5. The van der Waals surface area contributed by atoms with E-state index in [1.807, 2.05) is 36.4 Å². The van der Waals surface area contributed by atoms with E-state index in [1.165, 1.54) is 5.56 Å². The topological polar surface area (TPSA) is 58.6 Å². The van der Waals surface area contributed by atoms with Crippen molar-refractivity contribution in [2.45, 2.75) is 10.6 Å². The molecule has 0 spiro atoms. The minimum atomic E-state index is 0.103. The van der Waals surface area contributed by atoms with Crippen molar-refractivity contribution in [3.63, 3.8) is 0 Å². The van der Waals surface area contributed by atoms with Crippen LogP contribution in [0.2, 0.25) is 0 Å². The van der Waals surface area contributed by atoms with Crippen LogP contribution >= 0.6 is 27.7 Å². The van der Waals surface area contributed by atoms with Gasteiger partial charge in [-0.1, -0.05) is 35.5 Å². The molecule has 2 aromatic carbocycles. The van der Waals surface area contributed by atoms with E-state index in [-0.39, 0.29) is 5.84 Å². The van der Waals surface area contributed by atoms with Crippen LogP contribution in [-0.2, 0) is 5.75 Å². The predicted octanol–water partition coefficient (Wildman–Crippen LogP) is 3.84. The molecule has 0 saturated carbocycles. The van der Waals surface area contributed by atoms with Gasteiger partial charge in [-0.3, -0.25) is 0 Å². The molecule has 0 aliphatic carbocycles. The molecule has 0 saturated heterocycles. The molecule has 0 amide bonds. The fourth-order valence-corrected chi connectivity index (χ4v) is 3.21. The van der Waals surface area contributed by atoms with Gasteiger partial charge in [-0.05, 0) is 39.7 Å². The van der Waals surface area contributed by atoms with Gasteiger partial charge < -0.3 is 10.9 Å². The fraction of sp³-hybridized carbons (Fsp3) is 0.0714. The fourth-order valence-electron chi connectivity index (χ4n) is 1.59. The number of amidine groups is 1. The second-order valence-electron chi connectivity index (χ2n) is 3.90. The lowest BCUT2D eigenvalue weighted by Gasteiger charge is -2.06. The second kappa shape index (κ2) is 6.63. The molecule has 0 aliphatic heterocycles. The molecule has 0 bridgehead atoms. The van der Waals surface area contributed by atoms with Crippen LogP contribution in [0.1, 0.15) is 11.1 Å². The minimum absolute atomic E-state index is 0.103. The van der Waals surface area contributed by atoms with E-state index >= 15 is 0 Å². The standard InChI is InChI=1S/C14H13BrN2OS/c15-13-8-11(6-7-12(13)14(16)17-18)19-9-10-4-2-1-3-5-10/h1-8,18H,9H2,(H2,16,17). The zero-order chi connectivity index (χ0) is 13.7. The molecule has 0 aliphatic rings. The van der Waals surface area contributed by atoms with Crippen LogP contribution in [0.25, 0.3) is 0 Å². The summed E-state index contributed by atoms with van der Waals surface area (Å²) in [6, 6.07) is 16.1. The third-order valence-electron chi connectivity index (χ3n) is 2.57. The largest absolute Gasteiger partial charge is 0.409 e. The zero-order valence-corrected chi connectivity index (χ0v) is 12.5. The Morgan fingerprint density at radius 2 is 1.95 bits per heavy atom. The number of halogens is 1. The Hall–Kier alpha value is -1.46. The smallest absolute Gasteiger partial charge is 0.171 e. The Kier molecular flexibility index (Phi) is 4.87. The molecule has 0 unspecified atom stereocenters. The summed E-state index contributed by atoms with van der Waals surface area (Å²) in [4.78, 5) is 1.13. The Labute approximate surface area is 124 Å². The summed E-state index contributed by atoms with van der Waals surface area (Å²) in [7, 11) is 0. The summed E-state index contributed by atoms with van der Waals surface area (Å²) in [5.41, 5.74) is 7.54. The SMILES string of the molecule is N/C(=N/O)c1ccc(SCc2ccccc2)cc1Br. The van der Waals surface area contributed by atoms with Crippen molar-refractivity contribution in [2.75, 3.05) is 0 Å². The number of hydrogen-bond acceptors (Lipinski definition) is 3. The summed E-state index contributed by atoms with van der Waals surface area (Å²) in [6.45, 7) is 0. The van der Waals surface area contributed by atoms with E-state index in [2.05, 4.69) is 33.2 Å². The molecular formula is C14H13BrN2OS. The Bertz CT molecular complexity index is 587. The Morgan fingerprint density at radius 1 is 1.21 bits per heavy atom. The molecule has 0 atom stereocenters. The first-order valence-corrected chi connectivity index (χ1v) is 7.42. The van der Waals surface area contributed by atoms with E-state index < -0.39 is 0 Å². The molecule has 0 heterocycles. The molecule has 2 rings (SSSR count). The molecule has 98 valence electrons. The van der Waals surface area contributed by atoms with Crippen molar-refractivity contribution in [3.8, 4) is 0 Å². The summed E-state index contributed by atoms with van der Waals surface area (Å²) in [6.07, 6.45) is 0. The van der Waals surface area contributed by atoms with Crippen LogP contribution in [-0.4, -0.2) is 11.0 Å². The number of nitrogens with zero attached hydrogens (tertiary/aromatic N) is 1. The second-order valence-corrected chi connectivity index (χ2v) is 5.80. The lowest BCUT2D eigenvalue weighted by Crippen LogP contribution is -2.13. The van der Waals surface area contributed by atoms with Gasteiger partial charge in [0.2, 0.25) is 0 Å². The molecule has 0 radical (unpaired) electrons. The number of nitrogens with two attached hydrogens (primary N) is 1. The van der Waals surface area contributed by atoms with Gasteiger partial charge in [-0.25, -0.2) is 0 Å². The zero-order valence-electron chi connectivity index (χ0n) is 10.1. The molecule has 5 heteroatoms. The lowest BCUT2D eigenvalue weighted by atomic mass is 10.2. The van der Waals surface area contributed by atoms with Crippen LogP contribution in [0, 0.1) is 0 Å². The summed E-state index contributed by atoms with van der Waals surface area (Å²) in [5.74, 6) is 1.02. The third-order valence-corrected chi connectivity index (χ3v) is 4.29. The highest BCUT2D eigenvalue weighted by molar-refractivity contribution is 9.10. The van der Waals surface area contributed by atoms with Crippen LogP contribution in [0.4, 0.5) is 0 Å². The quantitative estimate of drug-likeness (QED) is 0.293. The highest BCUT2D eigenvalue weighted by Gasteiger charge is 2.06. The molecule has 3 nitrogen and oxygen atoms in total. The van der Waals surface area contributed by atoms with Crippen LogP contribution in [0.5, 0.6) is 0 Å². The number of hydrogen-bond donors (Lipinski definition) is 2. The predicted molar refractivity (Wildman–Crippen MR) is 82.7 cm³/mol. The molecular weight excluding hydrogens is 324 g/mol. The first-order chi connectivity index (χ1) is 9.20. The van der Waals surface area contributed by atoms with Crippen molar-refractivity contribution >= 4 is 33.5 Å². The summed E-state index contributed by atoms with van der Waals surface area (Å²) in [5, 5.41) is 11.7. The Morgan fingerprint density at radius 3 is 2.58 bits per heavy atom. The van der Waals surface area contributed by atoms with Gasteiger partial charge in [0.15, 0.2) is 5.84 Å². The average molecular weight is 337 g/mol. The molecule has 19 heavy (non-hydrogen) atoms. The van der Waals surface area contributed by atoms with Gasteiger partial charge in [-0.2, -0.15) is 0 Å². The third kappa shape index (κ3) is 3.75. The minimum Gasteiger partial charge on any atom is -0.409 e. The Balaban J connectivity index is 2.09. The van der Waals surface area contributed by atoms with Crippen molar-refractivity contribution in [2.24, 2.45) is 10.9 Å².